The van der Waals surface area contributed by atoms with Gasteiger partial charge in [0.05, 0.1) is 26.4 Å². The van der Waals surface area contributed by atoms with E-state index in [4.69, 9.17) is 18.3 Å². The minimum Gasteiger partial charge on any atom is -0.394 e. The van der Waals surface area contributed by atoms with Crippen LogP contribution >= 0.6 is 0 Å². The SMILES string of the molecule is CCOCCO[SiH](OCCOCC)C(C)C1CCCCC1. The summed E-state index contributed by atoms with van der Waals surface area (Å²) >= 11 is 0. The molecule has 5 heteroatoms. The zero-order valence-corrected chi connectivity index (χ0v) is 15.3. The van der Waals surface area contributed by atoms with Crippen LogP contribution in [0.2, 0.25) is 5.54 Å². The van der Waals surface area contributed by atoms with Gasteiger partial charge in [0.1, 0.15) is 0 Å². The molecule has 21 heavy (non-hydrogen) atoms. The second-order valence-electron chi connectivity index (χ2n) is 5.76. The first kappa shape index (κ1) is 19.1. The lowest BCUT2D eigenvalue weighted by molar-refractivity contribution is 0.0699. The van der Waals surface area contributed by atoms with Gasteiger partial charge in [-0.1, -0.05) is 39.0 Å². The highest BCUT2D eigenvalue weighted by atomic mass is 28.3. The normalized spacial score (nSPS) is 18.3. The van der Waals surface area contributed by atoms with Gasteiger partial charge in [-0.05, 0) is 25.3 Å². The monoisotopic (exact) mass is 318 g/mol. The van der Waals surface area contributed by atoms with Gasteiger partial charge in [0, 0.05) is 13.2 Å². The smallest absolute Gasteiger partial charge is 0.324 e. The predicted molar refractivity (Wildman–Crippen MR) is 88.0 cm³/mol. The van der Waals surface area contributed by atoms with Crippen molar-refractivity contribution >= 4 is 9.28 Å². The molecule has 1 atom stereocenters. The summed E-state index contributed by atoms with van der Waals surface area (Å²) in [6, 6.07) is 0. The molecule has 0 saturated heterocycles. The molecule has 1 fully saturated rings. The Morgan fingerprint density at radius 1 is 0.857 bits per heavy atom. The summed E-state index contributed by atoms with van der Waals surface area (Å²) in [5.74, 6) is 0.787. The molecule has 0 bridgehead atoms. The van der Waals surface area contributed by atoms with Gasteiger partial charge in [0.25, 0.3) is 0 Å². The van der Waals surface area contributed by atoms with E-state index < -0.39 is 9.28 Å². The Morgan fingerprint density at radius 3 is 1.86 bits per heavy atom. The Kier molecular flexibility index (Phi) is 11.4. The largest absolute Gasteiger partial charge is 0.394 e. The second-order valence-corrected chi connectivity index (χ2v) is 8.22. The van der Waals surface area contributed by atoms with Gasteiger partial charge in [-0.2, -0.15) is 0 Å². The van der Waals surface area contributed by atoms with Crippen LogP contribution in [-0.4, -0.2) is 48.9 Å². The molecule has 1 saturated carbocycles. The third-order valence-electron chi connectivity index (χ3n) is 4.25. The van der Waals surface area contributed by atoms with Crippen molar-refractivity contribution in [1.82, 2.24) is 0 Å². The molecule has 1 aliphatic carbocycles. The van der Waals surface area contributed by atoms with Crippen molar-refractivity contribution in [3.8, 4) is 0 Å². The summed E-state index contributed by atoms with van der Waals surface area (Å²) in [6.07, 6.45) is 6.82. The van der Waals surface area contributed by atoms with Crippen molar-refractivity contribution in [2.24, 2.45) is 5.92 Å². The van der Waals surface area contributed by atoms with Crippen LogP contribution in [0.5, 0.6) is 0 Å². The molecule has 0 radical (unpaired) electrons. The molecule has 0 aromatic rings. The van der Waals surface area contributed by atoms with Crippen molar-refractivity contribution in [2.75, 3.05) is 39.6 Å². The molecule has 4 nitrogen and oxygen atoms in total. The highest BCUT2D eigenvalue weighted by Gasteiger charge is 2.30. The van der Waals surface area contributed by atoms with Crippen LogP contribution in [-0.2, 0) is 18.3 Å². The third kappa shape index (κ3) is 8.31. The zero-order chi connectivity index (χ0) is 15.3. The van der Waals surface area contributed by atoms with Crippen LogP contribution in [0, 0.1) is 5.92 Å². The number of rotatable bonds is 12. The zero-order valence-electron chi connectivity index (χ0n) is 14.1. The van der Waals surface area contributed by atoms with Gasteiger partial charge in [-0.25, -0.2) is 0 Å². The highest BCUT2D eigenvalue weighted by Crippen LogP contribution is 2.35. The summed E-state index contributed by atoms with van der Waals surface area (Å²) in [7, 11) is -1.65. The van der Waals surface area contributed by atoms with E-state index in [0.717, 1.165) is 19.1 Å². The molecule has 0 heterocycles. The Bertz CT molecular complexity index is 222. The average Bonchev–Trinajstić information content (AvgIpc) is 2.53. The minimum atomic E-state index is -1.65. The topological polar surface area (TPSA) is 36.9 Å². The van der Waals surface area contributed by atoms with Crippen molar-refractivity contribution in [3.63, 3.8) is 0 Å². The summed E-state index contributed by atoms with van der Waals surface area (Å²) in [5, 5.41) is 0. The fraction of sp³-hybridized carbons (Fsp3) is 1.00. The van der Waals surface area contributed by atoms with Crippen LogP contribution < -0.4 is 0 Å². The van der Waals surface area contributed by atoms with E-state index in [1.165, 1.54) is 32.1 Å². The maximum atomic E-state index is 6.08. The molecule has 1 unspecified atom stereocenters. The Hall–Kier alpha value is 0.0569. The quantitative estimate of drug-likeness (QED) is 0.409. The van der Waals surface area contributed by atoms with Crippen LogP contribution in [0.3, 0.4) is 0 Å². The molecular weight excluding hydrogens is 284 g/mol. The van der Waals surface area contributed by atoms with Gasteiger partial charge >= 0.3 is 9.28 Å². The van der Waals surface area contributed by atoms with Crippen LogP contribution in [0.25, 0.3) is 0 Å². The number of hydrogen-bond donors (Lipinski definition) is 0. The second kappa shape index (κ2) is 12.6. The molecule has 1 rings (SSSR count). The first-order valence-electron chi connectivity index (χ1n) is 8.68. The first-order chi connectivity index (χ1) is 10.3. The lowest BCUT2D eigenvalue weighted by Gasteiger charge is -2.32. The number of ether oxygens (including phenoxy) is 2. The van der Waals surface area contributed by atoms with Crippen LogP contribution in [0.4, 0.5) is 0 Å². The van der Waals surface area contributed by atoms with Gasteiger partial charge in [-0.15, -0.1) is 0 Å². The standard InChI is InChI=1S/C16H34O4Si/c1-4-17-11-13-19-21(20-14-12-18-5-2)15(3)16-9-7-6-8-10-16/h15-16,21H,4-14H2,1-3H3. The Morgan fingerprint density at radius 2 is 1.38 bits per heavy atom. The lowest BCUT2D eigenvalue weighted by atomic mass is 9.87. The van der Waals surface area contributed by atoms with Crippen molar-refractivity contribution < 1.29 is 18.3 Å². The molecular formula is C16H34O4Si. The van der Waals surface area contributed by atoms with E-state index >= 15 is 0 Å². The molecule has 0 N–H and O–H groups in total. The fourth-order valence-corrected chi connectivity index (χ4v) is 5.16. The van der Waals surface area contributed by atoms with Gasteiger partial charge in [0.2, 0.25) is 0 Å². The van der Waals surface area contributed by atoms with Gasteiger partial charge < -0.3 is 18.3 Å². The minimum absolute atomic E-state index is 0.577. The lowest BCUT2D eigenvalue weighted by Crippen LogP contribution is -2.34. The van der Waals surface area contributed by atoms with Crippen LogP contribution in [0.15, 0.2) is 0 Å². The Balaban J connectivity index is 2.36. The fourth-order valence-electron chi connectivity index (χ4n) is 2.97. The molecule has 0 aromatic carbocycles. The molecule has 0 aromatic heterocycles. The van der Waals surface area contributed by atoms with E-state index in [2.05, 4.69) is 6.92 Å². The maximum absolute atomic E-state index is 6.08. The number of hydrogen-bond acceptors (Lipinski definition) is 4. The first-order valence-corrected chi connectivity index (χ1v) is 10.3. The van der Waals surface area contributed by atoms with Crippen molar-refractivity contribution in [1.29, 1.82) is 0 Å². The van der Waals surface area contributed by atoms with E-state index in [-0.39, 0.29) is 0 Å². The molecule has 126 valence electrons. The van der Waals surface area contributed by atoms with E-state index in [1.54, 1.807) is 0 Å². The molecule has 0 aliphatic heterocycles. The van der Waals surface area contributed by atoms with Crippen LogP contribution in [0.1, 0.15) is 52.9 Å². The average molecular weight is 319 g/mol. The third-order valence-corrected chi connectivity index (χ3v) is 6.78. The summed E-state index contributed by atoms with van der Waals surface area (Å²) in [4.78, 5) is 0. The molecule has 1 aliphatic rings. The van der Waals surface area contributed by atoms with Crippen molar-refractivity contribution in [3.05, 3.63) is 0 Å². The van der Waals surface area contributed by atoms with Crippen molar-refractivity contribution in [2.45, 2.75) is 58.4 Å². The van der Waals surface area contributed by atoms with E-state index in [1.807, 2.05) is 13.8 Å². The Labute approximate surface area is 132 Å². The summed E-state index contributed by atoms with van der Waals surface area (Å²) < 4.78 is 22.9. The van der Waals surface area contributed by atoms with Gasteiger partial charge in [-0.3, -0.25) is 0 Å². The maximum Gasteiger partial charge on any atom is 0.324 e. The van der Waals surface area contributed by atoms with E-state index in [0.29, 0.717) is 32.0 Å². The summed E-state index contributed by atoms with van der Waals surface area (Å²) in [6.45, 7) is 10.5. The molecule has 0 spiro atoms. The molecule has 0 amide bonds. The predicted octanol–water partition coefficient (Wildman–Crippen LogP) is 3.28. The highest BCUT2D eigenvalue weighted by molar-refractivity contribution is 6.46. The summed E-state index contributed by atoms with van der Waals surface area (Å²) in [5.41, 5.74) is 0.577. The van der Waals surface area contributed by atoms with Gasteiger partial charge in [0.15, 0.2) is 0 Å². The van der Waals surface area contributed by atoms with E-state index in [9.17, 15) is 0 Å².